The van der Waals surface area contributed by atoms with Crippen molar-refractivity contribution in [2.24, 2.45) is 11.7 Å². The molecule has 3 unspecified atom stereocenters. The molecule has 0 radical (unpaired) electrons. The van der Waals surface area contributed by atoms with Crippen LogP contribution in [-0.4, -0.2) is 41.8 Å². The highest BCUT2D eigenvalue weighted by molar-refractivity contribution is 6.30. The van der Waals surface area contributed by atoms with E-state index in [2.05, 4.69) is 17.0 Å². The molecule has 2 aliphatic rings. The fourth-order valence-corrected chi connectivity index (χ4v) is 4.45. The Morgan fingerprint density at radius 1 is 1.17 bits per heavy atom. The highest BCUT2D eigenvalue weighted by Crippen LogP contribution is 2.38. The monoisotopic (exact) mass is 336 g/mol. The van der Waals surface area contributed by atoms with E-state index in [1.807, 2.05) is 12.1 Å². The summed E-state index contributed by atoms with van der Waals surface area (Å²) in [5.74, 6) is 0.705. The molecule has 1 aromatic carbocycles. The van der Waals surface area contributed by atoms with Crippen LogP contribution in [0.4, 0.5) is 0 Å². The first-order chi connectivity index (χ1) is 11.1. The van der Waals surface area contributed by atoms with Gasteiger partial charge in [0.25, 0.3) is 0 Å². The zero-order valence-corrected chi connectivity index (χ0v) is 14.6. The van der Waals surface area contributed by atoms with E-state index in [-0.39, 0.29) is 6.10 Å². The highest BCUT2D eigenvalue weighted by atomic mass is 35.5. The Morgan fingerprint density at radius 2 is 1.91 bits per heavy atom. The van der Waals surface area contributed by atoms with E-state index >= 15 is 0 Å². The SMILES string of the molecule is NC1CCN(CC(c2cccc(Cl)c2)C2CCCCC2O)CC1. The number of rotatable bonds is 4. The van der Waals surface area contributed by atoms with Crippen LogP contribution < -0.4 is 5.73 Å². The molecule has 1 aromatic rings. The largest absolute Gasteiger partial charge is 0.393 e. The topological polar surface area (TPSA) is 49.5 Å². The molecule has 0 spiro atoms. The summed E-state index contributed by atoms with van der Waals surface area (Å²) < 4.78 is 0. The molecule has 3 nitrogen and oxygen atoms in total. The normalized spacial score (nSPS) is 28.7. The zero-order valence-electron chi connectivity index (χ0n) is 13.8. The summed E-state index contributed by atoms with van der Waals surface area (Å²) in [5, 5.41) is 11.4. The first-order valence-electron chi connectivity index (χ1n) is 9.05. The molecule has 3 rings (SSSR count). The number of aliphatic hydroxyl groups excluding tert-OH is 1. The van der Waals surface area contributed by atoms with Gasteiger partial charge in [-0.05, 0) is 62.4 Å². The maximum atomic E-state index is 10.6. The van der Waals surface area contributed by atoms with Gasteiger partial charge in [-0.2, -0.15) is 0 Å². The molecule has 0 amide bonds. The van der Waals surface area contributed by atoms with Crippen molar-refractivity contribution >= 4 is 11.6 Å². The third kappa shape index (κ3) is 4.48. The standard InChI is InChI=1S/C19H29ClN2O/c20-15-5-3-4-14(12-15)18(17-6-1-2-7-19(17)23)13-22-10-8-16(21)9-11-22/h3-5,12,16-19,23H,1-2,6-11,13,21H2. The summed E-state index contributed by atoms with van der Waals surface area (Å²) in [7, 11) is 0. The van der Waals surface area contributed by atoms with Crippen molar-refractivity contribution < 1.29 is 5.11 Å². The molecule has 2 fully saturated rings. The lowest BCUT2D eigenvalue weighted by atomic mass is 9.74. The summed E-state index contributed by atoms with van der Waals surface area (Å²) in [5.41, 5.74) is 7.32. The van der Waals surface area contributed by atoms with Crippen LogP contribution in [0.15, 0.2) is 24.3 Å². The van der Waals surface area contributed by atoms with Gasteiger partial charge in [-0.1, -0.05) is 36.6 Å². The van der Waals surface area contributed by atoms with Crippen LogP contribution in [-0.2, 0) is 0 Å². The van der Waals surface area contributed by atoms with Crippen molar-refractivity contribution in [1.29, 1.82) is 0 Å². The summed E-state index contributed by atoms with van der Waals surface area (Å²) in [6.07, 6.45) is 6.41. The maximum absolute atomic E-state index is 10.6. The average molecular weight is 337 g/mol. The van der Waals surface area contributed by atoms with Crippen LogP contribution in [0.25, 0.3) is 0 Å². The van der Waals surface area contributed by atoms with Crippen LogP contribution in [0.5, 0.6) is 0 Å². The number of benzene rings is 1. The molecule has 23 heavy (non-hydrogen) atoms. The Hall–Kier alpha value is -0.610. The van der Waals surface area contributed by atoms with Gasteiger partial charge in [0.2, 0.25) is 0 Å². The third-order valence-electron chi connectivity index (χ3n) is 5.66. The summed E-state index contributed by atoms with van der Waals surface area (Å²) >= 11 is 6.23. The van der Waals surface area contributed by atoms with Crippen molar-refractivity contribution in [3.63, 3.8) is 0 Å². The molecule has 1 saturated heterocycles. The molecule has 4 heteroatoms. The van der Waals surface area contributed by atoms with Crippen molar-refractivity contribution in [3.8, 4) is 0 Å². The lowest BCUT2D eigenvalue weighted by molar-refractivity contribution is 0.0435. The van der Waals surface area contributed by atoms with Crippen molar-refractivity contribution in [2.45, 2.75) is 56.6 Å². The smallest absolute Gasteiger partial charge is 0.0574 e. The number of nitrogens with zero attached hydrogens (tertiary/aromatic N) is 1. The highest BCUT2D eigenvalue weighted by Gasteiger charge is 2.33. The van der Waals surface area contributed by atoms with Gasteiger partial charge >= 0.3 is 0 Å². The minimum absolute atomic E-state index is 0.181. The molecule has 0 bridgehead atoms. The van der Waals surface area contributed by atoms with Gasteiger partial charge in [0, 0.05) is 23.5 Å². The number of aliphatic hydroxyl groups is 1. The summed E-state index contributed by atoms with van der Waals surface area (Å²) in [4.78, 5) is 2.52. The van der Waals surface area contributed by atoms with E-state index in [1.54, 1.807) is 0 Å². The second-order valence-electron chi connectivity index (χ2n) is 7.32. The number of likely N-dealkylation sites (tertiary alicyclic amines) is 1. The van der Waals surface area contributed by atoms with Gasteiger partial charge in [-0.15, -0.1) is 0 Å². The molecule has 3 atom stereocenters. The minimum Gasteiger partial charge on any atom is -0.393 e. The first-order valence-corrected chi connectivity index (χ1v) is 9.43. The van der Waals surface area contributed by atoms with E-state index in [9.17, 15) is 5.11 Å². The van der Waals surface area contributed by atoms with Crippen LogP contribution in [0.3, 0.4) is 0 Å². The molecular formula is C19H29ClN2O. The van der Waals surface area contributed by atoms with Crippen LogP contribution in [0, 0.1) is 5.92 Å². The van der Waals surface area contributed by atoms with E-state index in [1.165, 1.54) is 12.0 Å². The Bertz CT molecular complexity index is 502. The number of hydrogen-bond acceptors (Lipinski definition) is 3. The summed E-state index contributed by atoms with van der Waals surface area (Å²) in [6.45, 7) is 3.15. The fraction of sp³-hybridized carbons (Fsp3) is 0.684. The molecule has 3 N–H and O–H groups in total. The Kier molecular flexibility index (Phi) is 5.97. The lowest BCUT2D eigenvalue weighted by Gasteiger charge is -2.39. The molecule has 1 heterocycles. The van der Waals surface area contributed by atoms with Crippen LogP contribution >= 0.6 is 11.6 Å². The minimum atomic E-state index is -0.181. The second-order valence-corrected chi connectivity index (χ2v) is 7.75. The number of halogens is 1. The Labute approximate surface area is 144 Å². The Morgan fingerprint density at radius 3 is 2.61 bits per heavy atom. The van der Waals surface area contributed by atoms with Gasteiger partial charge in [-0.25, -0.2) is 0 Å². The van der Waals surface area contributed by atoms with Gasteiger partial charge in [0.1, 0.15) is 0 Å². The zero-order chi connectivity index (χ0) is 16.2. The van der Waals surface area contributed by atoms with E-state index in [0.717, 1.165) is 56.8 Å². The lowest BCUT2D eigenvalue weighted by Crippen LogP contribution is -2.43. The number of hydrogen-bond donors (Lipinski definition) is 2. The van der Waals surface area contributed by atoms with E-state index in [0.29, 0.717) is 17.9 Å². The van der Waals surface area contributed by atoms with E-state index in [4.69, 9.17) is 17.3 Å². The van der Waals surface area contributed by atoms with Crippen LogP contribution in [0.2, 0.25) is 5.02 Å². The van der Waals surface area contributed by atoms with Crippen molar-refractivity contribution in [2.75, 3.05) is 19.6 Å². The molecule has 1 aliphatic heterocycles. The van der Waals surface area contributed by atoms with E-state index < -0.39 is 0 Å². The molecule has 1 aliphatic carbocycles. The molecule has 1 saturated carbocycles. The van der Waals surface area contributed by atoms with Gasteiger partial charge in [0.15, 0.2) is 0 Å². The predicted molar refractivity (Wildman–Crippen MR) is 95.8 cm³/mol. The molecular weight excluding hydrogens is 308 g/mol. The van der Waals surface area contributed by atoms with Gasteiger partial charge in [0.05, 0.1) is 6.10 Å². The molecule has 0 aromatic heterocycles. The predicted octanol–water partition coefficient (Wildman–Crippen LogP) is 3.40. The van der Waals surface area contributed by atoms with Gasteiger partial charge in [-0.3, -0.25) is 0 Å². The first kappa shape index (κ1) is 17.2. The van der Waals surface area contributed by atoms with Crippen molar-refractivity contribution in [3.05, 3.63) is 34.9 Å². The Balaban J connectivity index is 1.78. The summed E-state index contributed by atoms with van der Waals surface area (Å²) in [6, 6.07) is 8.58. The average Bonchev–Trinajstić information content (AvgIpc) is 2.55. The quantitative estimate of drug-likeness (QED) is 0.886. The van der Waals surface area contributed by atoms with Gasteiger partial charge < -0.3 is 15.7 Å². The third-order valence-corrected chi connectivity index (χ3v) is 5.90. The molecule has 128 valence electrons. The number of piperidine rings is 1. The maximum Gasteiger partial charge on any atom is 0.0574 e. The fourth-order valence-electron chi connectivity index (χ4n) is 4.25. The second kappa shape index (κ2) is 7.98. The number of nitrogens with two attached hydrogens (primary N) is 1. The van der Waals surface area contributed by atoms with Crippen LogP contribution in [0.1, 0.15) is 50.0 Å². The van der Waals surface area contributed by atoms with Crippen molar-refractivity contribution in [1.82, 2.24) is 4.90 Å².